The van der Waals surface area contributed by atoms with Gasteiger partial charge in [-0.25, -0.2) is 8.42 Å². The lowest BCUT2D eigenvalue weighted by Gasteiger charge is -2.14. The molecule has 20 heavy (non-hydrogen) atoms. The van der Waals surface area contributed by atoms with Crippen molar-refractivity contribution in [3.63, 3.8) is 0 Å². The molecule has 0 saturated heterocycles. The van der Waals surface area contributed by atoms with Crippen LogP contribution in [-0.4, -0.2) is 46.1 Å². The first-order valence-corrected chi connectivity index (χ1v) is 8.09. The first-order chi connectivity index (χ1) is 9.37. The van der Waals surface area contributed by atoms with Crippen LogP contribution >= 0.6 is 0 Å². The second-order valence-electron chi connectivity index (χ2n) is 4.93. The Labute approximate surface area is 121 Å². The SMILES string of the molecule is COCCCN(C)S(=O)(=O)c1ccc(CNC(C)C)o1. The van der Waals surface area contributed by atoms with Crippen molar-refractivity contribution in [2.24, 2.45) is 0 Å². The molecule has 0 spiro atoms. The van der Waals surface area contributed by atoms with E-state index >= 15 is 0 Å². The van der Waals surface area contributed by atoms with Gasteiger partial charge in [0, 0.05) is 33.4 Å². The van der Waals surface area contributed by atoms with Gasteiger partial charge in [-0.2, -0.15) is 4.31 Å². The van der Waals surface area contributed by atoms with Gasteiger partial charge in [-0.3, -0.25) is 0 Å². The molecule has 0 saturated carbocycles. The van der Waals surface area contributed by atoms with Crippen LogP contribution in [0.1, 0.15) is 26.0 Å². The number of sulfonamides is 1. The van der Waals surface area contributed by atoms with Crippen molar-refractivity contribution in [1.29, 1.82) is 0 Å². The van der Waals surface area contributed by atoms with E-state index in [0.717, 1.165) is 0 Å². The maximum atomic E-state index is 12.2. The number of ether oxygens (including phenoxy) is 1. The Morgan fingerprint density at radius 3 is 2.70 bits per heavy atom. The van der Waals surface area contributed by atoms with Crippen molar-refractivity contribution in [2.45, 2.75) is 37.9 Å². The van der Waals surface area contributed by atoms with Gasteiger partial charge in [-0.15, -0.1) is 0 Å². The Kier molecular flexibility index (Phi) is 6.67. The Hall–Kier alpha value is -0.890. The van der Waals surface area contributed by atoms with E-state index in [1.165, 1.54) is 10.4 Å². The number of hydrogen-bond acceptors (Lipinski definition) is 5. The normalized spacial score (nSPS) is 12.5. The first-order valence-electron chi connectivity index (χ1n) is 6.65. The topological polar surface area (TPSA) is 71.8 Å². The molecule has 1 rings (SSSR count). The second kappa shape index (κ2) is 7.78. The number of nitrogens with zero attached hydrogens (tertiary/aromatic N) is 1. The molecule has 1 N–H and O–H groups in total. The first kappa shape index (κ1) is 17.2. The molecule has 6 nitrogen and oxygen atoms in total. The van der Waals surface area contributed by atoms with E-state index in [-0.39, 0.29) is 5.09 Å². The molecule has 0 aliphatic carbocycles. The maximum Gasteiger partial charge on any atom is 0.276 e. The summed E-state index contributed by atoms with van der Waals surface area (Å²) in [6.07, 6.45) is 0.648. The minimum Gasteiger partial charge on any atom is -0.447 e. The molecule has 7 heteroatoms. The highest BCUT2D eigenvalue weighted by Gasteiger charge is 2.24. The lowest BCUT2D eigenvalue weighted by atomic mass is 10.3. The molecule has 0 aliphatic rings. The molecule has 0 unspecified atom stereocenters. The molecular weight excluding hydrogens is 280 g/mol. The van der Waals surface area contributed by atoms with Crippen LogP contribution in [0.5, 0.6) is 0 Å². The zero-order valence-corrected chi connectivity index (χ0v) is 13.4. The number of furan rings is 1. The van der Waals surface area contributed by atoms with Gasteiger partial charge in [0.2, 0.25) is 5.09 Å². The molecule has 1 aromatic rings. The number of rotatable bonds is 9. The summed E-state index contributed by atoms with van der Waals surface area (Å²) in [4.78, 5) is 0. The van der Waals surface area contributed by atoms with Crippen molar-refractivity contribution < 1.29 is 17.6 Å². The minimum atomic E-state index is -3.55. The highest BCUT2D eigenvalue weighted by atomic mass is 32.2. The predicted molar refractivity (Wildman–Crippen MR) is 77.0 cm³/mol. The maximum absolute atomic E-state index is 12.2. The van der Waals surface area contributed by atoms with Gasteiger partial charge in [0.25, 0.3) is 10.0 Å². The van der Waals surface area contributed by atoms with Crippen molar-refractivity contribution in [1.82, 2.24) is 9.62 Å². The molecule has 116 valence electrons. The van der Waals surface area contributed by atoms with Gasteiger partial charge >= 0.3 is 0 Å². The van der Waals surface area contributed by atoms with E-state index in [4.69, 9.17) is 9.15 Å². The third-order valence-electron chi connectivity index (χ3n) is 2.81. The lowest BCUT2D eigenvalue weighted by Crippen LogP contribution is -2.28. The van der Waals surface area contributed by atoms with E-state index in [1.807, 2.05) is 13.8 Å². The Morgan fingerprint density at radius 1 is 1.40 bits per heavy atom. The quantitative estimate of drug-likeness (QED) is 0.699. The van der Waals surface area contributed by atoms with Gasteiger partial charge < -0.3 is 14.5 Å². The average Bonchev–Trinajstić information content (AvgIpc) is 2.86. The van der Waals surface area contributed by atoms with Crippen LogP contribution in [0.25, 0.3) is 0 Å². The summed E-state index contributed by atoms with van der Waals surface area (Å²) in [6, 6.07) is 3.50. The molecule has 0 fully saturated rings. The van der Waals surface area contributed by atoms with Gasteiger partial charge in [0.1, 0.15) is 5.76 Å². The molecule has 0 radical (unpaired) electrons. The average molecular weight is 304 g/mol. The summed E-state index contributed by atoms with van der Waals surface area (Å²) in [5, 5.41) is 3.16. The van der Waals surface area contributed by atoms with Crippen molar-refractivity contribution in [3.8, 4) is 0 Å². The highest BCUT2D eigenvalue weighted by molar-refractivity contribution is 7.89. The fourth-order valence-corrected chi connectivity index (χ4v) is 2.73. The van der Waals surface area contributed by atoms with Crippen LogP contribution in [0.4, 0.5) is 0 Å². The third kappa shape index (κ3) is 4.90. The Bertz CT molecular complexity index is 496. The summed E-state index contributed by atoms with van der Waals surface area (Å²) in [6.45, 7) is 5.48. The summed E-state index contributed by atoms with van der Waals surface area (Å²) < 4.78 is 36.1. The molecule has 0 bridgehead atoms. The highest BCUT2D eigenvalue weighted by Crippen LogP contribution is 2.18. The van der Waals surface area contributed by atoms with Crippen molar-refractivity contribution >= 4 is 10.0 Å². The van der Waals surface area contributed by atoms with Crippen LogP contribution in [-0.2, 0) is 21.3 Å². The van der Waals surface area contributed by atoms with Gasteiger partial charge in [0.15, 0.2) is 0 Å². The standard InChI is InChI=1S/C13H24N2O4S/c1-11(2)14-10-12-6-7-13(19-12)20(16,17)15(3)8-5-9-18-4/h6-7,11,14H,5,8-10H2,1-4H3. The molecule has 0 atom stereocenters. The fourth-order valence-electron chi connectivity index (χ4n) is 1.60. The van der Waals surface area contributed by atoms with E-state index in [1.54, 1.807) is 20.2 Å². The monoisotopic (exact) mass is 304 g/mol. The largest absolute Gasteiger partial charge is 0.447 e. The minimum absolute atomic E-state index is 0.0158. The molecule has 1 heterocycles. The van der Waals surface area contributed by atoms with E-state index in [9.17, 15) is 8.42 Å². The summed E-state index contributed by atoms with van der Waals surface area (Å²) >= 11 is 0. The summed E-state index contributed by atoms with van der Waals surface area (Å²) in [7, 11) is -0.420. The van der Waals surface area contributed by atoms with Crippen molar-refractivity contribution in [3.05, 3.63) is 17.9 Å². The molecule has 1 aromatic heterocycles. The summed E-state index contributed by atoms with van der Waals surface area (Å²) in [5.41, 5.74) is 0. The van der Waals surface area contributed by atoms with Crippen LogP contribution in [0.15, 0.2) is 21.6 Å². The number of methoxy groups -OCH3 is 1. The molecule has 0 aliphatic heterocycles. The molecular formula is C13H24N2O4S. The Morgan fingerprint density at radius 2 is 2.10 bits per heavy atom. The predicted octanol–water partition coefficient (Wildman–Crippen LogP) is 1.43. The van der Waals surface area contributed by atoms with Crippen molar-refractivity contribution in [2.75, 3.05) is 27.3 Å². The smallest absolute Gasteiger partial charge is 0.276 e. The number of nitrogens with one attached hydrogen (secondary N) is 1. The van der Waals surface area contributed by atoms with Gasteiger partial charge in [-0.1, -0.05) is 13.8 Å². The zero-order chi connectivity index (χ0) is 15.2. The summed E-state index contributed by atoms with van der Waals surface area (Å²) in [5.74, 6) is 0.613. The fraction of sp³-hybridized carbons (Fsp3) is 0.692. The van der Waals surface area contributed by atoms with Crippen LogP contribution in [0, 0.1) is 0 Å². The number of hydrogen-bond donors (Lipinski definition) is 1. The van der Waals surface area contributed by atoms with Crippen LogP contribution in [0.3, 0.4) is 0 Å². The van der Waals surface area contributed by atoms with E-state index in [0.29, 0.717) is 37.9 Å². The molecule has 0 amide bonds. The lowest BCUT2D eigenvalue weighted by molar-refractivity contribution is 0.189. The zero-order valence-electron chi connectivity index (χ0n) is 12.5. The second-order valence-corrected chi connectivity index (χ2v) is 6.91. The molecule has 0 aromatic carbocycles. The third-order valence-corrected chi connectivity index (χ3v) is 4.54. The van der Waals surface area contributed by atoms with E-state index < -0.39 is 10.0 Å². The Balaban J connectivity index is 2.67. The van der Waals surface area contributed by atoms with Gasteiger partial charge in [-0.05, 0) is 18.6 Å². The van der Waals surface area contributed by atoms with Gasteiger partial charge in [0.05, 0.1) is 6.54 Å². The van der Waals surface area contributed by atoms with E-state index in [2.05, 4.69) is 5.32 Å². The van der Waals surface area contributed by atoms with Crippen LogP contribution < -0.4 is 5.32 Å². The van der Waals surface area contributed by atoms with Crippen LogP contribution in [0.2, 0.25) is 0 Å².